The van der Waals surface area contributed by atoms with Gasteiger partial charge in [0.05, 0.1) is 0 Å². The van der Waals surface area contributed by atoms with Crippen LogP contribution in [0.1, 0.15) is 20.8 Å². The maximum Gasteiger partial charge on any atom is 0.0132 e. The molecule has 9 heavy (non-hydrogen) atoms. The highest BCUT2D eigenvalue weighted by Crippen LogP contribution is 2.13. The monoisotopic (exact) mass is 127 g/mol. The van der Waals surface area contributed by atoms with E-state index in [4.69, 9.17) is 0 Å². The fourth-order valence-electron chi connectivity index (χ4n) is 0.530. The fourth-order valence-corrected chi connectivity index (χ4v) is 0.530. The average molecular weight is 127 g/mol. The minimum Gasteiger partial charge on any atom is -0.316 e. The predicted molar refractivity (Wildman–Crippen MR) is 42.5 cm³/mol. The molecule has 0 aromatic rings. The third-order valence-electron chi connectivity index (χ3n) is 0.940. The molecule has 0 aliphatic carbocycles. The molecule has 0 saturated heterocycles. The minimum atomic E-state index is 0.330. The highest BCUT2D eigenvalue weighted by atomic mass is 14.8. The summed E-state index contributed by atoms with van der Waals surface area (Å²) in [5.41, 5.74) is 0.330. The zero-order valence-corrected chi connectivity index (χ0v) is 6.86. The maximum absolute atomic E-state index is 3.05. The van der Waals surface area contributed by atoms with E-state index in [0.717, 1.165) is 6.54 Å². The van der Waals surface area contributed by atoms with Crippen molar-refractivity contribution in [1.82, 2.24) is 5.32 Å². The summed E-state index contributed by atoms with van der Waals surface area (Å²) in [6.07, 6.45) is 4.36. The van der Waals surface area contributed by atoms with Gasteiger partial charge in [-0.15, -0.1) is 0 Å². The molecule has 0 rings (SSSR count). The topological polar surface area (TPSA) is 12.0 Å². The lowest BCUT2D eigenvalue weighted by molar-refractivity contribution is 0.542. The Hall–Kier alpha value is -0.300. The molecule has 0 unspecified atom stereocenters. The van der Waals surface area contributed by atoms with Crippen LogP contribution in [0.25, 0.3) is 0 Å². The standard InChI is InChI=1S/C8H17N/c1-8(2,3)6-5-7-9-4/h5-6,9H,7H2,1-4H3/b6-5-. The molecule has 0 spiro atoms. The summed E-state index contributed by atoms with van der Waals surface area (Å²) in [4.78, 5) is 0. The van der Waals surface area contributed by atoms with Gasteiger partial charge in [0, 0.05) is 6.54 Å². The van der Waals surface area contributed by atoms with Crippen molar-refractivity contribution in [2.24, 2.45) is 5.41 Å². The molecule has 0 atom stereocenters. The Kier molecular flexibility index (Phi) is 3.55. The van der Waals surface area contributed by atoms with Crippen LogP contribution >= 0.6 is 0 Å². The van der Waals surface area contributed by atoms with E-state index in [1.54, 1.807) is 0 Å². The third-order valence-corrected chi connectivity index (χ3v) is 0.940. The van der Waals surface area contributed by atoms with E-state index >= 15 is 0 Å². The predicted octanol–water partition coefficient (Wildman–Crippen LogP) is 1.81. The number of rotatable bonds is 2. The molecule has 0 aromatic carbocycles. The second-order valence-corrected chi connectivity index (χ2v) is 3.33. The smallest absolute Gasteiger partial charge is 0.0132 e. The molecule has 0 aliphatic heterocycles. The van der Waals surface area contributed by atoms with Gasteiger partial charge in [-0.05, 0) is 12.5 Å². The van der Waals surface area contributed by atoms with Crippen molar-refractivity contribution in [3.8, 4) is 0 Å². The van der Waals surface area contributed by atoms with Gasteiger partial charge in [-0.3, -0.25) is 0 Å². The maximum atomic E-state index is 3.05. The van der Waals surface area contributed by atoms with Crippen molar-refractivity contribution in [2.75, 3.05) is 13.6 Å². The van der Waals surface area contributed by atoms with Gasteiger partial charge in [0.15, 0.2) is 0 Å². The van der Waals surface area contributed by atoms with E-state index in [-0.39, 0.29) is 0 Å². The molecule has 54 valence electrons. The molecule has 0 aromatic heterocycles. The summed E-state index contributed by atoms with van der Waals surface area (Å²) in [6.45, 7) is 7.55. The summed E-state index contributed by atoms with van der Waals surface area (Å²) < 4.78 is 0. The number of allylic oxidation sites excluding steroid dienone is 1. The Morgan fingerprint density at radius 1 is 1.33 bits per heavy atom. The van der Waals surface area contributed by atoms with Crippen LogP contribution in [0, 0.1) is 5.41 Å². The van der Waals surface area contributed by atoms with Gasteiger partial charge in [0.25, 0.3) is 0 Å². The normalized spacial score (nSPS) is 12.9. The van der Waals surface area contributed by atoms with Gasteiger partial charge in [0.2, 0.25) is 0 Å². The SMILES string of the molecule is CNC/C=C\C(C)(C)C. The Morgan fingerprint density at radius 3 is 2.22 bits per heavy atom. The molecular formula is C8H17N. The van der Waals surface area contributed by atoms with E-state index in [9.17, 15) is 0 Å². The highest BCUT2D eigenvalue weighted by Gasteiger charge is 2.01. The van der Waals surface area contributed by atoms with Crippen LogP contribution in [0.15, 0.2) is 12.2 Å². The number of hydrogen-bond acceptors (Lipinski definition) is 1. The van der Waals surface area contributed by atoms with Gasteiger partial charge >= 0.3 is 0 Å². The van der Waals surface area contributed by atoms with Crippen LogP contribution in [0.3, 0.4) is 0 Å². The van der Waals surface area contributed by atoms with Crippen molar-refractivity contribution in [3.63, 3.8) is 0 Å². The first-order valence-electron chi connectivity index (χ1n) is 3.38. The Morgan fingerprint density at radius 2 is 1.89 bits per heavy atom. The summed E-state index contributed by atoms with van der Waals surface area (Å²) in [6, 6.07) is 0. The third kappa shape index (κ3) is 7.70. The zero-order valence-electron chi connectivity index (χ0n) is 6.86. The lowest BCUT2D eigenvalue weighted by Crippen LogP contribution is -2.06. The lowest BCUT2D eigenvalue weighted by atomic mass is 9.96. The largest absolute Gasteiger partial charge is 0.316 e. The number of hydrogen-bond donors (Lipinski definition) is 1. The van der Waals surface area contributed by atoms with Crippen molar-refractivity contribution in [1.29, 1.82) is 0 Å². The van der Waals surface area contributed by atoms with Crippen molar-refractivity contribution >= 4 is 0 Å². The van der Waals surface area contributed by atoms with Crippen molar-refractivity contribution in [2.45, 2.75) is 20.8 Å². The van der Waals surface area contributed by atoms with E-state index in [0.29, 0.717) is 5.41 Å². The zero-order chi connectivity index (χ0) is 7.33. The first kappa shape index (κ1) is 8.70. The van der Waals surface area contributed by atoms with E-state index in [2.05, 4.69) is 38.2 Å². The average Bonchev–Trinajstić information content (AvgIpc) is 1.63. The van der Waals surface area contributed by atoms with Crippen LogP contribution in [-0.4, -0.2) is 13.6 Å². The molecule has 0 heterocycles. The van der Waals surface area contributed by atoms with Gasteiger partial charge in [0.1, 0.15) is 0 Å². The molecule has 1 heteroatoms. The minimum absolute atomic E-state index is 0.330. The van der Waals surface area contributed by atoms with Crippen LogP contribution in [0.5, 0.6) is 0 Å². The summed E-state index contributed by atoms with van der Waals surface area (Å²) in [7, 11) is 1.95. The summed E-state index contributed by atoms with van der Waals surface area (Å²) in [5, 5.41) is 3.05. The molecule has 1 N–H and O–H groups in total. The first-order chi connectivity index (χ1) is 4.06. The van der Waals surface area contributed by atoms with Gasteiger partial charge in [-0.25, -0.2) is 0 Å². The lowest BCUT2D eigenvalue weighted by Gasteiger charge is -2.10. The Balaban J connectivity index is 3.45. The quantitative estimate of drug-likeness (QED) is 0.558. The van der Waals surface area contributed by atoms with E-state index < -0.39 is 0 Å². The second-order valence-electron chi connectivity index (χ2n) is 3.33. The molecule has 0 bridgehead atoms. The van der Waals surface area contributed by atoms with E-state index in [1.807, 2.05) is 7.05 Å². The van der Waals surface area contributed by atoms with Gasteiger partial charge in [-0.2, -0.15) is 0 Å². The summed E-state index contributed by atoms with van der Waals surface area (Å²) in [5.74, 6) is 0. The van der Waals surface area contributed by atoms with Crippen LogP contribution in [0.2, 0.25) is 0 Å². The summed E-state index contributed by atoms with van der Waals surface area (Å²) >= 11 is 0. The second kappa shape index (κ2) is 3.67. The number of likely N-dealkylation sites (N-methyl/N-ethyl adjacent to an activating group) is 1. The van der Waals surface area contributed by atoms with Crippen LogP contribution in [0.4, 0.5) is 0 Å². The van der Waals surface area contributed by atoms with Crippen LogP contribution in [-0.2, 0) is 0 Å². The Bertz CT molecular complexity index is 87.2. The van der Waals surface area contributed by atoms with Gasteiger partial charge < -0.3 is 5.32 Å². The Labute approximate surface area is 58.2 Å². The van der Waals surface area contributed by atoms with E-state index in [1.165, 1.54) is 0 Å². The number of nitrogens with one attached hydrogen (secondary N) is 1. The highest BCUT2D eigenvalue weighted by molar-refractivity contribution is 4.92. The van der Waals surface area contributed by atoms with Crippen LogP contribution < -0.4 is 5.32 Å². The fraction of sp³-hybridized carbons (Fsp3) is 0.750. The van der Waals surface area contributed by atoms with Crippen molar-refractivity contribution < 1.29 is 0 Å². The molecule has 1 nitrogen and oxygen atoms in total. The molecule has 0 aliphatic rings. The molecule has 0 fully saturated rings. The molecular weight excluding hydrogens is 110 g/mol. The first-order valence-corrected chi connectivity index (χ1v) is 3.38. The molecule has 0 saturated carbocycles. The van der Waals surface area contributed by atoms with Gasteiger partial charge in [-0.1, -0.05) is 32.9 Å². The van der Waals surface area contributed by atoms with Crippen molar-refractivity contribution in [3.05, 3.63) is 12.2 Å². The molecule has 0 amide bonds. The molecule has 0 radical (unpaired) electrons.